The Kier molecular flexibility index (Phi) is 6.43. The number of benzene rings is 3. The number of rotatable bonds is 6. The zero-order chi connectivity index (χ0) is 21.7. The average molecular weight is 450 g/mol. The standard InChI is InChI=1S/C20H17ClFN3O4S/c1-29-19-11-10-15(30(27,28)25-14-8-6-13(21)7-9-14)12-18(19)24-20(26)23-17-5-3-2-4-16(17)22/h2-12,25H,1H3,(H2,23,24,26). The molecule has 0 aliphatic heterocycles. The third-order valence-corrected chi connectivity index (χ3v) is 5.58. The van der Waals surface area contributed by atoms with Crippen molar-refractivity contribution >= 4 is 44.7 Å². The molecule has 0 fully saturated rings. The molecule has 0 atom stereocenters. The lowest BCUT2D eigenvalue weighted by molar-refractivity contribution is 0.262. The van der Waals surface area contributed by atoms with Gasteiger partial charge < -0.3 is 15.4 Å². The molecule has 0 bridgehead atoms. The summed E-state index contributed by atoms with van der Waals surface area (Å²) in [5.74, 6) is -0.382. The molecule has 0 aromatic heterocycles. The third kappa shape index (κ3) is 5.19. The van der Waals surface area contributed by atoms with Crippen LogP contribution in [0.25, 0.3) is 0 Å². The molecule has 2 amide bonds. The van der Waals surface area contributed by atoms with Gasteiger partial charge in [-0.25, -0.2) is 17.6 Å². The fourth-order valence-corrected chi connectivity index (χ4v) is 3.73. The summed E-state index contributed by atoms with van der Waals surface area (Å²) in [6.07, 6.45) is 0. The van der Waals surface area contributed by atoms with E-state index in [1.807, 2.05) is 0 Å². The molecular formula is C20H17ClFN3O4S. The van der Waals surface area contributed by atoms with E-state index in [1.54, 1.807) is 18.2 Å². The van der Waals surface area contributed by atoms with E-state index in [-0.39, 0.29) is 22.0 Å². The lowest BCUT2D eigenvalue weighted by Gasteiger charge is -2.14. The number of hydrogen-bond donors (Lipinski definition) is 3. The second kappa shape index (κ2) is 9.02. The van der Waals surface area contributed by atoms with Crippen LogP contribution in [0.4, 0.5) is 26.2 Å². The molecule has 156 valence electrons. The number of carbonyl (C=O) groups is 1. The molecule has 0 aliphatic carbocycles. The molecule has 0 saturated heterocycles. The molecule has 7 nitrogen and oxygen atoms in total. The number of hydrogen-bond acceptors (Lipinski definition) is 4. The minimum Gasteiger partial charge on any atom is -0.495 e. The van der Waals surface area contributed by atoms with Crippen LogP contribution in [0.2, 0.25) is 5.02 Å². The summed E-state index contributed by atoms with van der Waals surface area (Å²) in [5, 5.41) is 5.29. The molecule has 0 spiro atoms. The van der Waals surface area contributed by atoms with Crippen LogP contribution >= 0.6 is 11.6 Å². The number of amides is 2. The molecule has 0 saturated carbocycles. The van der Waals surface area contributed by atoms with Crippen LogP contribution in [0.15, 0.2) is 71.6 Å². The minimum atomic E-state index is -3.96. The van der Waals surface area contributed by atoms with Crippen molar-refractivity contribution in [2.75, 3.05) is 22.5 Å². The van der Waals surface area contributed by atoms with Crippen LogP contribution < -0.4 is 20.1 Å². The number of nitrogens with one attached hydrogen (secondary N) is 3. The molecule has 10 heteroatoms. The lowest BCUT2D eigenvalue weighted by Crippen LogP contribution is -2.21. The van der Waals surface area contributed by atoms with Crippen molar-refractivity contribution in [1.82, 2.24) is 0 Å². The Balaban J connectivity index is 1.83. The monoisotopic (exact) mass is 449 g/mol. The second-order valence-electron chi connectivity index (χ2n) is 6.03. The Morgan fingerprint density at radius 1 is 0.967 bits per heavy atom. The van der Waals surface area contributed by atoms with E-state index in [4.69, 9.17) is 16.3 Å². The molecule has 0 unspecified atom stereocenters. The molecule has 0 aliphatic rings. The molecule has 3 aromatic carbocycles. The van der Waals surface area contributed by atoms with E-state index in [0.717, 1.165) is 0 Å². The molecule has 3 aromatic rings. The maximum Gasteiger partial charge on any atom is 0.323 e. The fourth-order valence-electron chi connectivity index (χ4n) is 2.52. The Hall–Kier alpha value is -3.30. The van der Waals surface area contributed by atoms with Gasteiger partial charge in [0, 0.05) is 10.7 Å². The highest BCUT2D eigenvalue weighted by atomic mass is 35.5. The second-order valence-corrected chi connectivity index (χ2v) is 8.15. The Morgan fingerprint density at radius 3 is 2.30 bits per heavy atom. The van der Waals surface area contributed by atoms with Crippen molar-refractivity contribution in [3.05, 3.63) is 77.6 Å². The van der Waals surface area contributed by atoms with Crippen LogP contribution in [0, 0.1) is 5.82 Å². The maximum atomic E-state index is 13.7. The number of ether oxygens (including phenoxy) is 1. The van der Waals surface area contributed by atoms with E-state index in [0.29, 0.717) is 10.7 Å². The predicted molar refractivity (Wildman–Crippen MR) is 114 cm³/mol. The zero-order valence-electron chi connectivity index (χ0n) is 15.6. The van der Waals surface area contributed by atoms with Crippen molar-refractivity contribution in [1.29, 1.82) is 0 Å². The smallest absolute Gasteiger partial charge is 0.323 e. The van der Waals surface area contributed by atoms with Gasteiger partial charge in [0.1, 0.15) is 11.6 Å². The van der Waals surface area contributed by atoms with E-state index < -0.39 is 21.9 Å². The lowest BCUT2D eigenvalue weighted by atomic mass is 10.3. The highest BCUT2D eigenvalue weighted by Gasteiger charge is 2.18. The number of urea groups is 1. The number of anilines is 3. The van der Waals surface area contributed by atoms with Crippen molar-refractivity contribution < 1.29 is 22.3 Å². The quantitative estimate of drug-likeness (QED) is 0.497. The van der Waals surface area contributed by atoms with E-state index in [1.165, 1.54) is 55.6 Å². The first-order chi connectivity index (χ1) is 14.3. The number of sulfonamides is 1. The Labute approximate surface area is 177 Å². The van der Waals surface area contributed by atoms with Crippen LogP contribution in [0.1, 0.15) is 0 Å². The summed E-state index contributed by atoms with van der Waals surface area (Å²) in [4.78, 5) is 12.2. The van der Waals surface area contributed by atoms with Gasteiger partial charge in [-0.15, -0.1) is 0 Å². The van der Waals surface area contributed by atoms with Gasteiger partial charge in [0.15, 0.2) is 0 Å². The SMILES string of the molecule is COc1ccc(S(=O)(=O)Nc2ccc(Cl)cc2)cc1NC(=O)Nc1ccccc1F. The summed E-state index contributed by atoms with van der Waals surface area (Å²) in [7, 11) is -2.58. The third-order valence-electron chi connectivity index (χ3n) is 3.95. The number of halogens is 2. The number of methoxy groups -OCH3 is 1. The highest BCUT2D eigenvalue weighted by molar-refractivity contribution is 7.92. The number of para-hydroxylation sites is 1. The maximum absolute atomic E-state index is 13.7. The van der Waals surface area contributed by atoms with Gasteiger partial charge in [-0.2, -0.15) is 0 Å². The summed E-state index contributed by atoms with van der Waals surface area (Å²) >= 11 is 5.81. The van der Waals surface area contributed by atoms with Crippen LogP contribution in [-0.4, -0.2) is 21.6 Å². The predicted octanol–water partition coefficient (Wildman–Crippen LogP) is 4.93. The van der Waals surface area contributed by atoms with Crippen LogP contribution in [0.5, 0.6) is 5.75 Å². The summed E-state index contributed by atoms with van der Waals surface area (Å²) < 4.78 is 46.7. The van der Waals surface area contributed by atoms with Gasteiger partial charge in [0.2, 0.25) is 0 Å². The first kappa shape index (κ1) is 21.4. The first-order valence-electron chi connectivity index (χ1n) is 8.57. The van der Waals surface area contributed by atoms with Crippen molar-refractivity contribution in [2.45, 2.75) is 4.90 Å². The zero-order valence-corrected chi connectivity index (χ0v) is 17.2. The molecule has 3 rings (SSSR count). The molecule has 30 heavy (non-hydrogen) atoms. The van der Waals surface area contributed by atoms with E-state index in [9.17, 15) is 17.6 Å². The van der Waals surface area contributed by atoms with Gasteiger partial charge in [-0.3, -0.25) is 4.72 Å². The van der Waals surface area contributed by atoms with Crippen molar-refractivity contribution in [3.8, 4) is 5.75 Å². The van der Waals surface area contributed by atoms with Gasteiger partial charge in [-0.05, 0) is 54.6 Å². The van der Waals surface area contributed by atoms with Gasteiger partial charge >= 0.3 is 6.03 Å². The molecule has 3 N–H and O–H groups in total. The normalized spacial score (nSPS) is 10.9. The largest absolute Gasteiger partial charge is 0.495 e. The van der Waals surface area contributed by atoms with Crippen LogP contribution in [-0.2, 0) is 10.0 Å². The topological polar surface area (TPSA) is 96.5 Å². The Bertz CT molecular complexity index is 1170. The van der Waals surface area contributed by atoms with Crippen LogP contribution in [0.3, 0.4) is 0 Å². The summed E-state index contributed by atoms with van der Waals surface area (Å²) in [6.45, 7) is 0. The van der Waals surface area contributed by atoms with E-state index >= 15 is 0 Å². The van der Waals surface area contributed by atoms with Gasteiger partial charge in [0.25, 0.3) is 10.0 Å². The van der Waals surface area contributed by atoms with Gasteiger partial charge in [0.05, 0.1) is 23.4 Å². The number of carbonyl (C=O) groups excluding carboxylic acids is 1. The van der Waals surface area contributed by atoms with Crippen molar-refractivity contribution in [3.63, 3.8) is 0 Å². The fraction of sp³-hybridized carbons (Fsp3) is 0.0500. The Morgan fingerprint density at radius 2 is 1.63 bits per heavy atom. The molecule has 0 heterocycles. The molecular weight excluding hydrogens is 433 g/mol. The van der Waals surface area contributed by atoms with Gasteiger partial charge in [-0.1, -0.05) is 23.7 Å². The van der Waals surface area contributed by atoms with E-state index in [2.05, 4.69) is 15.4 Å². The minimum absolute atomic E-state index is 0.0258. The first-order valence-corrected chi connectivity index (χ1v) is 10.4. The van der Waals surface area contributed by atoms with Crippen molar-refractivity contribution in [2.24, 2.45) is 0 Å². The molecule has 0 radical (unpaired) electrons. The summed E-state index contributed by atoms with van der Waals surface area (Å²) in [6, 6.07) is 15.0. The summed E-state index contributed by atoms with van der Waals surface area (Å²) in [5.41, 5.74) is 0.384. The highest BCUT2D eigenvalue weighted by Crippen LogP contribution is 2.29. The average Bonchev–Trinajstić information content (AvgIpc) is 2.71.